The number of halogens is 1. The third-order valence-electron chi connectivity index (χ3n) is 5.92. The maximum absolute atomic E-state index is 13.0. The van der Waals surface area contributed by atoms with Crippen LogP contribution in [0.5, 0.6) is 0 Å². The second kappa shape index (κ2) is 12.2. The Bertz CT molecular complexity index is 1440. The molecular weight excluding hydrogens is 601 g/mol. The highest BCUT2D eigenvalue weighted by Gasteiger charge is 2.54. The third-order valence-corrected chi connectivity index (χ3v) is 8.51. The minimum Gasteiger partial charge on any atom is -0.477 e. The smallest absolute Gasteiger partial charge is 0.352 e. The zero-order chi connectivity index (χ0) is 29.1. The Kier molecular flexibility index (Phi) is 8.47. The van der Waals surface area contributed by atoms with Crippen molar-refractivity contribution in [3.63, 3.8) is 0 Å². The Morgan fingerprint density at radius 1 is 1.39 bits per heavy atom. The van der Waals surface area contributed by atoms with Gasteiger partial charge in [0, 0.05) is 36.2 Å². The average Bonchev–Trinajstić information content (AvgIpc) is 3.57. The summed E-state index contributed by atoms with van der Waals surface area (Å²) in [6.45, 7) is -0.835. The van der Waals surface area contributed by atoms with E-state index in [1.807, 2.05) is 29.5 Å². The number of allylic oxidation sites excluding steroid dienone is 3. The summed E-state index contributed by atoms with van der Waals surface area (Å²) in [5.41, 5.74) is 8.52. The quantitative estimate of drug-likeness (QED) is 0.126. The number of anilines is 1. The first-order valence-corrected chi connectivity index (χ1v) is 14.5. The number of carboxylic acid groups (broad SMARTS) is 1. The van der Waals surface area contributed by atoms with Gasteiger partial charge in [0.1, 0.15) is 22.9 Å². The first-order valence-electron chi connectivity index (χ1n) is 11.8. The minimum absolute atomic E-state index is 0.0143. The molecule has 0 radical (unpaired) electrons. The number of alkyl halides is 1. The number of nitrogens with zero attached hydrogens (tertiary/aromatic N) is 6. The summed E-state index contributed by atoms with van der Waals surface area (Å²) in [6.07, 6.45) is 9.03. The number of fused-ring (bicyclic) bond motifs is 2. The summed E-state index contributed by atoms with van der Waals surface area (Å²) in [5.74, 6) is -1.91. The Balaban J connectivity index is 1.26. The molecule has 0 saturated carbocycles. The van der Waals surface area contributed by atoms with E-state index in [0.29, 0.717) is 12.1 Å². The van der Waals surface area contributed by atoms with E-state index in [4.69, 9.17) is 5.73 Å². The monoisotopic (exact) mass is 623 g/mol. The number of nitrogen functional groups attached to an aromatic ring is 1. The van der Waals surface area contributed by atoms with Crippen molar-refractivity contribution in [3.8, 4) is 0 Å². The molecule has 5 rings (SSSR count). The van der Waals surface area contributed by atoms with Crippen LogP contribution in [0.15, 0.2) is 63.3 Å². The second-order valence-corrected chi connectivity index (χ2v) is 11.2. The number of carboxylic acids is 1. The number of aliphatic carboxylic acids is 1. The number of nitrogens with one attached hydrogen (secondary N) is 2. The van der Waals surface area contributed by atoms with Crippen LogP contribution in [0.25, 0.3) is 0 Å². The van der Waals surface area contributed by atoms with Gasteiger partial charge in [0.2, 0.25) is 11.5 Å². The van der Waals surface area contributed by atoms with Crippen molar-refractivity contribution < 1.29 is 33.8 Å². The number of aliphatic hydroxyl groups excluding tert-OH is 1. The lowest BCUT2D eigenvalue weighted by molar-refractivity contribution is -0.150. The van der Waals surface area contributed by atoms with Gasteiger partial charge >= 0.3 is 5.97 Å². The molecule has 0 aromatic carbocycles. The van der Waals surface area contributed by atoms with Crippen LogP contribution in [0.1, 0.15) is 5.82 Å². The van der Waals surface area contributed by atoms with E-state index in [0.717, 1.165) is 27.3 Å². The van der Waals surface area contributed by atoms with Gasteiger partial charge in [0.15, 0.2) is 5.13 Å². The van der Waals surface area contributed by atoms with E-state index in [-0.39, 0.29) is 29.0 Å². The number of amides is 2. The van der Waals surface area contributed by atoms with Gasteiger partial charge in [0.05, 0.1) is 11.6 Å². The maximum Gasteiger partial charge on any atom is 0.352 e. The number of thioether (sulfide) groups is 2. The number of aromatic nitrogens is 2. The fourth-order valence-electron chi connectivity index (χ4n) is 4.15. The zero-order valence-electron chi connectivity index (χ0n) is 20.8. The van der Waals surface area contributed by atoms with Gasteiger partial charge in [-0.2, -0.15) is 9.36 Å². The molecule has 0 bridgehead atoms. The fraction of sp³-hybridized carbons (Fsp3) is 0.273. The van der Waals surface area contributed by atoms with Crippen molar-refractivity contribution >= 4 is 63.7 Å². The van der Waals surface area contributed by atoms with Crippen molar-refractivity contribution in [3.05, 3.63) is 64.0 Å². The van der Waals surface area contributed by atoms with Crippen molar-refractivity contribution in [1.29, 1.82) is 0 Å². The molecule has 1 saturated heterocycles. The highest BCUT2D eigenvalue weighted by Crippen LogP contribution is 2.41. The molecule has 2 atom stereocenters. The molecule has 19 heteroatoms. The van der Waals surface area contributed by atoms with Gasteiger partial charge in [0.25, 0.3) is 18.7 Å². The molecule has 216 valence electrons. The maximum atomic E-state index is 13.0. The Labute approximate surface area is 244 Å². The molecule has 0 spiro atoms. The number of hydrogen-bond donors (Lipinski definition) is 5. The van der Waals surface area contributed by atoms with Gasteiger partial charge in [-0.15, -0.1) is 11.8 Å². The van der Waals surface area contributed by atoms with Crippen LogP contribution < -0.4 is 16.5 Å². The van der Waals surface area contributed by atoms with Crippen LogP contribution in [0, 0.1) is 0 Å². The molecule has 1 aromatic heterocycles. The fourth-order valence-corrected chi connectivity index (χ4v) is 6.58. The lowest BCUT2D eigenvalue weighted by Crippen LogP contribution is -2.71. The predicted octanol–water partition coefficient (Wildman–Crippen LogP) is 0.0356. The van der Waals surface area contributed by atoms with E-state index >= 15 is 0 Å². The highest BCUT2D eigenvalue weighted by molar-refractivity contribution is 8.05. The Morgan fingerprint density at radius 2 is 2.22 bits per heavy atom. The number of nitrogens with two attached hydrogens (primary N) is 1. The Morgan fingerprint density at radius 3 is 2.93 bits per heavy atom. The predicted molar refractivity (Wildman–Crippen MR) is 148 cm³/mol. The molecule has 6 N–H and O–H groups in total. The number of oxime groups is 1. The molecule has 41 heavy (non-hydrogen) atoms. The molecule has 0 unspecified atom stereocenters. The average molecular weight is 624 g/mol. The van der Waals surface area contributed by atoms with Gasteiger partial charge in [-0.05, 0) is 29.2 Å². The largest absolute Gasteiger partial charge is 0.477 e. The van der Waals surface area contributed by atoms with E-state index in [1.54, 1.807) is 16.5 Å². The number of rotatable bonds is 11. The van der Waals surface area contributed by atoms with Crippen molar-refractivity contribution in [2.75, 3.05) is 31.5 Å². The second-order valence-electron chi connectivity index (χ2n) is 8.35. The zero-order valence-corrected chi connectivity index (χ0v) is 23.3. The van der Waals surface area contributed by atoms with Gasteiger partial charge in [-0.1, -0.05) is 16.9 Å². The summed E-state index contributed by atoms with van der Waals surface area (Å²) >= 11 is 3.38. The summed E-state index contributed by atoms with van der Waals surface area (Å²) in [7, 11) is 0. The van der Waals surface area contributed by atoms with Gasteiger partial charge in [-0.25, -0.2) is 14.2 Å². The van der Waals surface area contributed by atoms with E-state index in [1.165, 1.54) is 23.5 Å². The SMILES string of the molecule is Nc1nc(/C(=N/OCF)C(=O)N[C@@H]2C(=O)N3C(C(=O)O)=C(/C=C/SC4=CC=C5N(CCO)C=CN5N4)CS[C@@H]23)ns1. The summed E-state index contributed by atoms with van der Waals surface area (Å²) < 4.78 is 16.4. The molecule has 1 fully saturated rings. The van der Waals surface area contributed by atoms with Crippen molar-refractivity contribution in [2.24, 2.45) is 5.16 Å². The summed E-state index contributed by atoms with van der Waals surface area (Å²) in [5, 5.41) is 28.6. The van der Waals surface area contributed by atoms with E-state index in [9.17, 15) is 29.0 Å². The molecule has 4 aliphatic rings. The van der Waals surface area contributed by atoms with Crippen LogP contribution in [0.4, 0.5) is 9.52 Å². The molecule has 5 heterocycles. The number of carbonyl (C=O) groups excluding carboxylic acids is 2. The molecule has 15 nitrogen and oxygen atoms in total. The first kappa shape index (κ1) is 28.5. The van der Waals surface area contributed by atoms with Crippen LogP contribution in [-0.4, -0.2) is 95.1 Å². The third kappa shape index (κ3) is 5.73. The number of β-amino-alcohol motifs (C(OH)–C–C–N with tert-alkyl or cyclic N) is 1. The van der Waals surface area contributed by atoms with E-state index < -0.39 is 41.8 Å². The first-order chi connectivity index (χ1) is 19.8. The number of aliphatic hydroxyl groups is 1. The lowest BCUT2D eigenvalue weighted by atomic mass is 10.0. The standard InChI is InChI=1S/C22H22FN9O6S3/c23-10-38-28-14(17-26-22(24)41-29-17)18(34)25-15-19(35)32-16(21(36)37)11(9-40-20(15)32)3-8-39-12-1-2-13-30(6-7-33)4-5-31(13)27-12/h1-5,8,15,20,27,33H,6-7,9-10H2,(H,25,34)(H,36,37)(H2,24,26,29)/b8-3+,28-14-/t15-,20+/m1/s1. The molecule has 2 amide bonds. The van der Waals surface area contributed by atoms with Crippen molar-refractivity contribution in [2.45, 2.75) is 11.4 Å². The van der Waals surface area contributed by atoms with Crippen LogP contribution in [0.3, 0.4) is 0 Å². The molecule has 0 aliphatic carbocycles. The van der Waals surface area contributed by atoms with Gasteiger partial charge in [-0.3, -0.25) is 19.9 Å². The lowest BCUT2D eigenvalue weighted by Gasteiger charge is -2.49. The molecular formula is C22H22FN9O6S3. The highest BCUT2D eigenvalue weighted by atomic mass is 32.2. The summed E-state index contributed by atoms with van der Waals surface area (Å²) in [4.78, 5) is 49.2. The van der Waals surface area contributed by atoms with Crippen molar-refractivity contribution in [1.82, 2.24) is 34.9 Å². The van der Waals surface area contributed by atoms with E-state index in [2.05, 4.69) is 30.1 Å². The summed E-state index contributed by atoms with van der Waals surface area (Å²) in [6, 6.07) is -1.06. The Hall–Kier alpha value is -4.07. The number of hydrazine groups is 1. The van der Waals surface area contributed by atoms with Gasteiger partial charge < -0.3 is 31.0 Å². The number of β-lactam (4-membered cyclic amide) rings is 1. The van der Waals surface area contributed by atoms with Crippen LogP contribution in [-0.2, 0) is 19.2 Å². The number of hydrogen-bond acceptors (Lipinski definition) is 15. The molecule has 4 aliphatic heterocycles. The minimum atomic E-state index is -1.31. The topological polar surface area (TPSA) is 199 Å². The molecule has 1 aromatic rings. The normalized spacial score (nSPS) is 21.8. The number of carbonyl (C=O) groups is 3. The van der Waals surface area contributed by atoms with Crippen LogP contribution in [0.2, 0.25) is 0 Å². The van der Waals surface area contributed by atoms with Crippen LogP contribution >= 0.6 is 35.1 Å².